The average molecular weight is 422 g/mol. The van der Waals surface area contributed by atoms with E-state index in [-0.39, 0.29) is 11.7 Å². The van der Waals surface area contributed by atoms with Crippen LogP contribution in [0.4, 0.5) is 10.2 Å². The molecule has 0 unspecified atom stereocenters. The van der Waals surface area contributed by atoms with Crippen molar-refractivity contribution in [2.24, 2.45) is 0 Å². The zero-order valence-corrected chi connectivity index (χ0v) is 17.4. The number of anilines is 1. The third kappa shape index (κ3) is 4.28. The number of para-hydroxylation sites is 1. The van der Waals surface area contributed by atoms with Crippen LogP contribution in [-0.4, -0.2) is 61.2 Å². The van der Waals surface area contributed by atoms with E-state index in [2.05, 4.69) is 14.9 Å². The third-order valence-corrected chi connectivity index (χ3v) is 5.32. The van der Waals surface area contributed by atoms with Gasteiger partial charge in [0.1, 0.15) is 18.0 Å². The molecule has 1 aliphatic rings. The standard InChI is InChI=1S/C23H23FN4O3/c1-30-20-5-3-4-18(22(20)31-2)23(29)28-12-10-27(11-13-28)21-14-19(25-15-26-21)16-6-8-17(24)9-7-16/h3-9,14-15H,10-13H2,1-2H3. The predicted octanol–water partition coefficient (Wildman–Crippen LogP) is 3.26. The zero-order chi connectivity index (χ0) is 21.8. The summed E-state index contributed by atoms with van der Waals surface area (Å²) in [5, 5.41) is 0. The second kappa shape index (κ2) is 8.99. The maximum atomic E-state index is 13.2. The molecule has 1 fully saturated rings. The number of halogens is 1. The Balaban J connectivity index is 1.46. The van der Waals surface area contributed by atoms with Crippen LogP contribution in [0.5, 0.6) is 11.5 Å². The Morgan fingerprint density at radius 3 is 2.39 bits per heavy atom. The van der Waals surface area contributed by atoms with Crippen molar-refractivity contribution in [1.82, 2.24) is 14.9 Å². The summed E-state index contributed by atoms with van der Waals surface area (Å²) < 4.78 is 23.9. The lowest BCUT2D eigenvalue weighted by Crippen LogP contribution is -2.49. The van der Waals surface area contributed by atoms with Gasteiger partial charge in [0.25, 0.3) is 5.91 Å². The molecule has 0 bridgehead atoms. The van der Waals surface area contributed by atoms with Gasteiger partial charge in [-0.05, 0) is 36.4 Å². The Morgan fingerprint density at radius 2 is 1.71 bits per heavy atom. The number of aromatic nitrogens is 2. The number of carbonyl (C=O) groups excluding carboxylic acids is 1. The molecule has 4 rings (SSSR count). The minimum Gasteiger partial charge on any atom is -0.493 e. The number of nitrogens with zero attached hydrogens (tertiary/aromatic N) is 4. The minimum atomic E-state index is -0.286. The quantitative estimate of drug-likeness (QED) is 0.629. The lowest BCUT2D eigenvalue weighted by molar-refractivity contribution is 0.0742. The van der Waals surface area contributed by atoms with Crippen molar-refractivity contribution >= 4 is 11.7 Å². The first kappa shape index (κ1) is 20.6. The Labute approximate surface area is 180 Å². The Bertz CT molecular complexity index is 1070. The third-order valence-electron chi connectivity index (χ3n) is 5.32. The number of hydrogen-bond donors (Lipinski definition) is 0. The van der Waals surface area contributed by atoms with Gasteiger partial charge in [-0.15, -0.1) is 0 Å². The normalized spacial score (nSPS) is 13.8. The van der Waals surface area contributed by atoms with Crippen LogP contribution >= 0.6 is 0 Å². The summed E-state index contributed by atoms with van der Waals surface area (Å²) in [6.45, 7) is 2.37. The second-order valence-corrected chi connectivity index (χ2v) is 7.09. The maximum Gasteiger partial charge on any atom is 0.257 e. The molecule has 0 aliphatic carbocycles. The van der Waals surface area contributed by atoms with Crippen LogP contribution < -0.4 is 14.4 Å². The summed E-state index contributed by atoms with van der Waals surface area (Å²) in [7, 11) is 3.08. The molecule has 0 N–H and O–H groups in total. The molecule has 160 valence electrons. The molecule has 2 heterocycles. The van der Waals surface area contributed by atoms with Gasteiger partial charge in [0.2, 0.25) is 0 Å². The van der Waals surface area contributed by atoms with E-state index in [4.69, 9.17) is 9.47 Å². The smallest absolute Gasteiger partial charge is 0.257 e. The topological polar surface area (TPSA) is 67.8 Å². The van der Waals surface area contributed by atoms with Gasteiger partial charge in [0, 0.05) is 37.8 Å². The Morgan fingerprint density at radius 1 is 0.968 bits per heavy atom. The average Bonchev–Trinajstić information content (AvgIpc) is 2.83. The van der Waals surface area contributed by atoms with Gasteiger partial charge in [0.05, 0.1) is 25.5 Å². The fraction of sp³-hybridized carbons (Fsp3) is 0.261. The van der Waals surface area contributed by atoms with Crippen LogP contribution in [0.15, 0.2) is 54.9 Å². The van der Waals surface area contributed by atoms with E-state index in [0.717, 1.165) is 17.1 Å². The van der Waals surface area contributed by atoms with E-state index in [1.54, 1.807) is 42.3 Å². The SMILES string of the molecule is COc1cccc(C(=O)N2CCN(c3cc(-c4ccc(F)cc4)ncn3)CC2)c1OC. The largest absolute Gasteiger partial charge is 0.493 e. The molecule has 7 nitrogen and oxygen atoms in total. The number of methoxy groups -OCH3 is 2. The van der Waals surface area contributed by atoms with Crippen LogP contribution in [0.2, 0.25) is 0 Å². The lowest BCUT2D eigenvalue weighted by Gasteiger charge is -2.35. The van der Waals surface area contributed by atoms with Gasteiger partial charge >= 0.3 is 0 Å². The first-order chi connectivity index (χ1) is 15.1. The fourth-order valence-electron chi connectivity index (χ4n) is 3.66. The molecule has 0 spiro atoms. The van der Waals surface area contributed by atoms with E-state index in [1.165, 1.54) is 25.6 Å². The number of benzene rings is 2. The van der Waals surface area contributed by atoms with Crippen molar-refractivity contribution < 1.29 is 18.7 Å². The first-order valence-electron chi connectivity index (χ1n) is 9.94. The van der Waals surface area contributed by atoms with E-state index >= 15 is 0 Å². The number of amides is 1. The fourth-order valence-corrected chi connectivity index (χ4v) is 3.66. The van der Waals surface area contributed by atoms with Crippen LogP contribution in [0, 0.1) is 5.82 Å². The monoisotopic (exact) mass is 422 g/mol. The summed E-state index contributed by atoms with van der Waals surface area (Å²) in [6, 6.07) is 13.4. The van der Waals surface area contributed by atoms with Crippen molar-refractivity contribution in [3.8, 4) is 22.8 Å². The molecular weight excluding hydrogens is 399 g/mol. The summed E-state index contributed by atoms with van der Waals surface area (Å²) >= 11 is 0. The van der Waals surface area contributed by atoms with Gasteiger partial charge < -0.3 is 19.3 Å². The molecule has 1 aromatic heterocycles. The van der Waals surface area contributed by atoms with Gasteiger partial charge in [-0.2, -0.15) is 0 Å². The highest BCUT2D eigenvalue weighted by Crippen LogP contribution is 2.32. The lowest BCUT2D eigenvalue weighted by atomic mass is 10.1. The first-order valence-corrected chi connectivity index (χ1v) is 9.94. The highest BCUT2D eigenvalue weighted by molar-refractivity contribution is 5.98. The van der Waals surface area contributed by atoms with Crippen molar-refractivity contribution in [3.63, 3.8) is 0 Å². The molecule has 8 heteroatoms. The Hall–Kier alpha value is -3.68. The molecule has 3 aromatic rings. The maximum absolute atomic E-state index is 13.2. The number of carbonyl (C=O) groups is 1. The summed E-state index contributed by atoms with van der Waals surface area (Å²) in [5.74, 6) is 1.37. The number of piperazine rings is 1. The second-order valence-electron chi connectivity index (χ2n) is 7.09. The van der Waals surface area contributed by atoms with Crippen LogP contribution in [0.1, 0.15) is 10.4 Å². The van der Waals surface area contributed by atoms with Crippen LogP contribution in [0.25, 0.3) is 11.3 Å². The van der Waals surface area contributed by atoms with Crippen molar-refractivity contribution in [2.45, 2.75) is 0 Å². The van der Waals surface area contributed by atoms with Crippen molar-refractivity contribution in [2.75, 3.05) is 45.3 Å². The van der Waals surface area contributed by atoms with E-state index in [0.29, 0.717) is 43.2 Å². The van der Waals surface area contributed by atoms with Crippen molar-refractivity contribution in [1.29, 1.82) is 0 Å². The zero-order valence-electron chi connectivity index (χ0n) is 17.4. The number of hydrogen-bond acceptors (Lipinski definition) is 6. The molecule has 1 amide bonds. The van der Waals surface area contributed by atoms with Gasteiger partial charge in [-0.3, -0.25) is 4.79 Å². The molecule has 2 aromatic carbocycles. The number of ether oxygens (including phenoxy) is 2. The number of rotatable bonds is 5. The minimum absolute atomic E-state index is 0.0925. The molecule has 31 heavy (non-hydrogen) atoms. The van der Waals surface area contributed by atoms with Gasteiger partial charge in [-0.25, -0.2) is 14.4 Å². The molecule has 1 aliphatic heterocycles. The molecule has 1 saturated heterocycles. The molecule has 0 radical (unpaired) electrons. The van der Waals surface area contributed by atoms with Crippen LogP contribution in [-0.2, 0) is 0 Å². The molecule has 0 atom stereocenters. The van der Waals surface area contributed by atoms with E-state index < -0.39 is 0 Å². The van der Waals surface area contributed by atoms with Gasteiger partial charge in [-0.1, -0.05) is 6.07 Å². The van der Waals surface area contributed by atoms with E-state index in [9.17, 15) is 9.18 Å². The summed E-state index contributed by atoms with van der Waals surface area (Å²) in [4.78, 5) is 25.7. The summed E-state index contributed by atoms with van der Waals surface area (Å²) in [6.07, 6.45) is 1.51. The highest BCUT2D eigenvalue weighted by atomic mass is 19.1. The molecule has 0 saturated carbocycles. The van der Waals surface area contributed by atoms with Crippen LogP contribution in [0.3, 0.4) is 0 Å². The van der Waals surface area contributed by atoms with E-state index in [1.807, 2.05) is 6.07 Å². The predicted molar refractivity (Wildman–Crippen MR) is 115 cm³/mol. The highest BCUT2D eigenvalue weighted by Gasteiger charge is 2.26. The molecular formula is C23H23FN4O3. The van der Waals surface area contributed by atoms with Gasteiger partial charge in [0.15, 0.2) is 11.5 Å². The van der Waals surface area contributed by atoms with Crippen molar-refractivity contribution in [3.05, 3.63) is 66.2 Å². The Kier molecular flexibility index (Phi) is 5.97. The summed E-state index contributed by atoms with van der Waals surface area (Å²) in [5.41, 5.74) is 2.03.